The molecule has 1 N–H and O–H groups in total. The molecule has 0 aliphatic rings. The van der Waals surface area contributed by atoms with Crippen molar-refractivity contribution in [3.05, 3.63) is 64.2 Å². The fourth-order valence-electron chi connectivity index (χ4n) is 3.39. The Bertz CT molecular complexity index is 987. The van der Waals surface area contributed by atoms with Crippen molar-refractivity contribution in [3.63, 3.8) is 0 Å². The van der Waals surface area contributed by atoms with E-state index in [1.807, 2.05) is 18.2 Å². The van der Waals surface area contributed by atoms with Crippen molar-refractivity contribution in [3.8, 4) is 0 Å². The highest BCUT2D eigenvalue weighted by Crippen LogP contribution is 2.23. The molecule has 0 heterocycles. The molecule has 0 spiro atoms. The van der Waals surface area contributed by atoms with Crippen LogP contribution in [0.4, 0.5) is 0 Å². The van der Waals surface area contributed by atoms with Gasteiger partial charge in [0.25, 0.3) is 5.91 Å². The number of rotatable bonds is 11. The van der Waals surface area contributed by atoms with Crippen molar-refractivity contribution in [2.45, 2.75) is 45.7 Å². The molecule has 6 nitrogen and oxygen atoms in total. The van der Waals surface area contributed by atoms with E-state index in [0.717, 1.165) is 30.8 Å². The summed E-state index contributed by atoms with van der Waals surface area (Å²) >= 11 is 6.23. The third-order valence-corrected chi connectivity index (χ3v) is 7.75. The lowest BCUT2D eigenvalue weighted by Gasteiger charge is -2.20. The lowest BCUT2D eigenvalue weighted by atomic mass is 10.1. The second-order valence-electron chi connectivity index (χ2n) is 7.14. The normalized spacial score (nSPS) is 11.8. The van der Waals surface area contributed by atoms with Crippen LogP contribution in [-0.2, 0) is 23.1 Å². The van der Waals surface area contributed by atoms with Gasteiger partial charge in [0, 0.05) is 26.2 Å². The van der Waals surface area contributed by atoms with Gasteiger partial charge in [-0.3, -0.25) is 9.69 Å². The molecule has 1 amide bonds. The number of halogens is 1. The van der Waals surface area contributed by atoms with Crippen LogP contribution in [0.3, 0.4) is 0 Å². The van der Waals surface area contributed by atoms with Crippen LogP contribution in [0, 0.1) is 0 Å². The molecule has 0 aliphatic carbocycles. The summed E-state index contributed by atoms with van der Waals surface area (Å²) in [6.07, 6.45) is 0. The Hall–Kier alpha value is -1.93. The fraction of sp³-hybridized carbons (Fsp3) is 0.435. The number of amides is 1. The first kappa shape index (κ1) is 25.3. The van der Waals surface area contributed by atoms with E-state index in [1.54, 1.807) is 13.8 Å². The number of nitrogens with zero attached hydrogens (tertiary/aromatic N) is 2. The number of sulfonamides is 1. The smallest absolute Gasteiger partial charge is 0.253 e. The highest BCUT2D eigenvalue weighted by Gasteiger charge is 2.24. The molecule has 0 aliphatic heterocycles. The molecule has 0 saturated heterocycles. The van der Waals surface area contributed by atoms with Gasteiger partial charge in [0.2, 0.25) is 10.0 Å². The Labute approximate surface area is 191 Å². The molecule has 0 unspecified atom stereocenters. The lowest BCUT2D eigenvalue weighted by molar-refractivity contribution is 0.0950. The SMILES string of the molecule is CCN(CC)Cc1ccccc1CNC(=O)c1cc(S(=O)(=O)N(CC)CC)ccc1Cl. The van der Waals surface area contributed by atoms with Gasteiger partial charge in [-0.1, -0.05) is 63.6 Å². The standard InChI is InChI=1S/C23H32ClN3O3S/c1-5-26(6-2)17-19-12-10-9-11-18(19)16-25-23(28)21-15-20(13-14-22(21)24)31(29,30)27(7-3)8-4/h9-15H,5-8,16-17H2,1-4H3,(H,25,28). The Morgan fingerprint density at radius 2 is 1.55 bits per heavy atom. The van der Waals surface area contributed by atoms with Gasteiger partial charge in [0.1, 0.15) is 0 Å². The maximum absolute atomic E-state index is 12.9. The number of carbonyl (C=O) groups excluding carboxylic acids is 1. The largest absolute Gasteiger partial charge is 0.348 e. The van der Waals surface area contributed by atoms with E-state index < -0.39 is 15.9 Å². The van der Waals surface area contributed by atoms with Crippen LogP contribution in [0.25, 0.3) is 0 Å². The Balaban J connectivity index is 2.23. The lowest BCUT2D eigenvalue weighted by Crippen LogP contribution is -2.31. The summed E-state index contributed by atoms with van der Waals surface area (Å²) in [7, 11) is -3.68. The number of hydrogen-bond donors (Lipinski definition) is 1. The van der Waals surface area contributed by atoms with Crippen LogP contribution in [-0.4, -0.2) is 49.7 Å². The second kappa shape index (κ2) is 11.6. The van der Waals surface area contributed by atoms with Gasteiger partial charge in [-0.15, -0.1) is 0 Å². The third kappa shape index (κ3) is 6.29. The molecule has 2 aromatic carbocycles. The molecular formula is C23H32ClN3O3S. The molecule has 0 aromatic heterocycles. The summed E-state index contributed by atoms with van der Waals surface area (Å²) in [5, 5.41) is 3.11. The van der Waals surface area contributed by atoms with E-state index in [0.29, 0.717) is 19.6 Å². The highest BCUT2D eigenvalue weighted by molar-refractivity contribution is 7.89. The van der Waals surface area contributed by atoms with Crippen LogP contribution in [0.5, 0.6) is 0 Å². The van der Waals surface area contributed by atoms with Crippen molar-refractivity contribution in [2.75, 3.05) is 26.2 Å². The Kier molecular flexibility index (Phi) is 9.50. The average Bonchev–Trinajstić information content (AvgIpc) is 2.77. The zero-order valence-electron chi connectivity index (χ0n) is 18.7. The molecule has 0 fully saturated rings. The van der Waals surface area contributed by atoms with Crippen LogP contribution < -0.4 is 5.32 Å². The van der Waals surface area contributed by atoms with Crippen LogP contribution in [0.15, 0.2) is 47.4 Å². The van der Waals surface area contributed by atoms with Crippen molar-refractivity contribution < 1.29 is 13.2 Å². The highest BCUT2D eigenvalue weighted by atomic mass is 35.5. The summed E-state index contributed by atoms with van der Waals surface area (Å²) in [5.41, 5.74) is 2.32. The van der Waals surface area contributed by atoms with Gasteiger partial charge < -0.3 is 5.32 Å². The van der Waals surface area contributed by atoms with Gasteiger partial charge in [-0.2, -0.15) is 4.31 Å². The molecular weight excluding hydrogens is 434 g/mol. The molecule has 31 heavy (non-hydrogen) atoms. The number of benzene rings is 2. The maximum Gasteiger partial charge on any atom is 0.253 e. The molecule has 0 bridgehead atoms. The Morgan fingerprint density at radius 3 is 2.13 bits per heavy atom. The minimum atomic E-state index is -3.68. The quantitative estimate of drug-likeness (QED) is 0.541. The van der Waals surface area contributed by atoms with Gasteiger partial charge in [0.05, 0.1) is 15.5 Å². The summed E-state index contributed by atoms with van der Waals surface area (Å²) in [6, 6.07) is 12.2. The first-order valence-electron chi connectivity index (χ1n) is 10.6. The maximum atomic E-state index is 12.9. The van der Waals surface area contributed by atoms with E-state index in [2.05, 4.69) is 30.1 Å². The van der Waals surface area contributed by atoms with Crippen molar-refractivity contribution in [2.24, 2.45) is 0 Å². The van der Waals surface area contributed by atoms with E-state index >= 15 is 0 Å². The van der Waals surface area contributed by atoms with Crippen molar-refractivity contribution in [1.29, 1.82) is 0 Å². The molecule has 170 valence electrons. The predicted molar refractivity (Wildman–Crippen MR) is 126 cm³/mol. The minimum Gasteiger partial charge on any atom is -0.348 e. The minimum absolute atomic E-state index is 0.0627. The zero-order valence-corrected chi connectivity index (χ0v) is 20.3. The van der Waals surface area contributed by atoms with Crippen LogP contribution >= 0.6 is 11.6 Å². The molecule has 2 rings (SSSR count). The van der Waals surface area contributed by atoms with Crippen molar-refractivity contribution >= 4 is 27.5 Å². The van der Waals surface area contributed by atoms with E-state index in [4.69, 9.17) is 11.6 Å². The Morgan fingerprint density at radius 1 is 0.935 bits per heavy atom. The summed E-state index contributed by atoms with van der Waals surface area (Å²) in [6.45, 7) is 11.5. The van der Waals surface area contributed by atoms with E-state index in [1.165, 1.54) is 22.5 Å². The van der Waals surface area contributed by atoms with Gasteiger partial charge >= 0.3 is 0 Å². The second-order valence-corrected chi connectivity index (χ2v) is 9.49. The van der Waals surface area contributed by atoms with Crippen molar-refractivity contribution in [1.82, 2.24) is 14.5 Å². The fourth-order valence-corrected chi connectivity index (χ4v) is 5.08. The van der Waals surface area contributed by atoms with Crippen LogP contribution in [0.2, 0.25) is 5.02 Å². The van der Waals surface area contributed by atoms with Gasteiger partial charge in [0.15, 0.2) is 0 Å². The molecule has 0 radical (unpaired) electrons. The van der Waals surface area contributed by atoms with E-state index in [9.17, 15) is 13.2 Å². The summed E-state index contributed by atoms with van der Waals surface area (Å²) in [4.78, 5) is 15.2. The topological polar surface area (TPSA) is 69.7 Å². The number of hydrogen-bond acceptors (Lipinski definition) is 4. The first-order chi connectivity index (χ1) is 14.8. The van der Waals surface area contributed by atoms with Gasteiger partial charge in [-0.05, 0) is 42.4 Å². The van der Waals surface area contributed by atoms with E-state index in [-0.39, 0.29) is 15.5 Å². The number of nitrogens with one attached hydrogen (secondary N) is 1. The molecule has 0 saturated carbocycles. The monoisotopic (exact) mass is 465 g/mol. The van der Waals surface area contributed by atoms with Crippen LogP contribution in [0.1, 0.15) is 49.2 Å². The molecule has 2 aromatic rings. The summed E-state index contributed by atoms with van der Waals surface area (Å²) < 4.78 is 27.0. The first-order valence-corrected chi connectivity index (χ1v) is 12.5. The molecule has 8 heteroatoms. The average molecular weight is 466 g/mol. The molecule has 0 atom stereocenters. The number of carbonyl (C=O) groups is 1. The predicted octanol–water partition coefficient (Wildman–Crippen LogP) is 4.14. The zero-order chi connectivity index (χ0) is 23.0. The third-order valence-electron chi connectivity index (χ3n) is 5.37. The van der Waals surface area contributed by atoms with Gasteiger partial charge in [-0.25, -0.2) is 8.42 Å². The summed E-state index contributed by atoms with van der Waals surface area (Å²) in [5.74, 6) is -0.403.